The number of aromatic nitrogens is 2. The van der Waals surface area contributed by atoms with Crippen LogP contribution in [0.5, 0.6) is 0 Å². The Morgan fingerprint density at radius 2 is 1.89 bits per heavy atom. The fourth-order valence-corrected chi connectivity index (χ4v) is 5.55. The van der Waals surface area contributed by atoms with E-state index in [2.05, 4.69) is 28.2 Å². The minimum Gasteiger partial charge on any atom is -0.381 e. The Balaban J connectivity index is 1.39. The van der Waals surface area contributed by atoms with Crippen LogP contribution in [0.25, 0.3) is 22.3 Å². The van der Waals surface area contributed by atoms with Gasteiger partial charge in [0.25, 0.3) is 5.91 Å². The van der Waals surface area contributed by atoms with E-state index >= 15 is 0 Å². The van der Waals surface area contributed by atoms with Crippen LogP contribution >= 0.6 is 0 Å². The summed E-state index contributed by atoms with van der Waals surface area (Å²) in [5, 5.41) is 10.2. The van der Waals surface area contributed by atoms with E-state index in [4.69, 9.17) is 4.98 Å². The lowest BCUT2D eigenvalue weighted by molar-refractivity contribution is -0.148. The van der Waals surface area contributed by atoms with Crippen molar-refractivity contribution in [2.75, 3.05) is 25.0 Å². The number of benzene rings is 1. The van der Waals surface area contributed by atoms with Gasteiger partial charge in [-0.3, -0.25) is 19.7 Å². The highest BCUT2D eigenvalue weighted by Gasteiger charge is 2.39. The molecule has 0 unspecified atom stereocenters. The predicted octanol–water partition coefficient (Wildman–Crippen LogP) is 3.36. The molecule has 1 aromatic carbocycles. The summed E-state index contributed by atoms with van der Waals surface area (Å²) in [6.45, 7) is 5.16. The first-order valence-electron chi connectivity index (χ1n) is 12.7. The zero-order valence-electron chi connectivity index (χ0n) is 21.3. The molecule has 190 valence electrons. The van der Waals surface area contributed by atoms with E-state index in [9.17, 15) is 14.7 Å². The number of fused-ring (bicyclic) bond motifs is 4. The molecule has 0 radical (unpaired) electrons. The molecule has 1 N–H and O–H groups in total. The van der Waals surface area contributed by atoms with Crippen molar-refractivity contribution in [3.8, 4) is 11.3 Å². The molecule has 3 aliphatic heterocycles. The van der Waals surface area contributed by atoms with Crippen LogP contribution in [0, 0.1) is 0 Å². The summed E-state index contributed by atoms with van der Waals surface area (Å²) in [4.78, 5) is 45.5. The summed E-state index contributed by atoms with van der Waals surface area (Å²) < 4.78 is 0. The van der Waals surface area contributed by atoms with Crippen molar-refractivity contribution in [1.29, 1.82) is 0 Å². The standard InChI is InChI=1S/C28H30N6O3/c1-28(2,37)26(35)33-10-8-21(9-11-33)34-25-20(16-32(3)27(34)36)15-30-23-7-6-22(31-24(23)25)17-4-5-18-13-29-14-19(18)12-17/h4-7,12,14-15,21,37H,8-11,13,16H2,1-3H3. The molecule has 37 heavy (non-hydrogen) atoms. The molecule has 9 nitrogen and oxygen atoms in total. The molecule has 3 aromatic rings. The van der Waals surface area contributed by atoms with Gasteiger partial charge in [-0.05, 0) is 56.0 Å². The topological polar surface area (TPSA) is 102 Å². The zero-order valence-corrected chi connectivity index (χ0v) is 21.3. The van der Waals surface area contributed by atoms with Crippen LogP contribution in [0.1, 0.15) is 43.4 Å². The Hall–Kier alpha value is -3.85. The quantitative estimate of drug-likeness (QED) is 0.597. The number of anilines is 1. The number of aliphatic imine (C=N–C) groups is 1. The largest absolute Gasteiger partial charge is 0.381 e. The van der Waals surface area contributed by atoms with Crippen LogP contribution in [0.3, 0.4) is 0 Å². The van der Waals surface area contributed by atoms with Gasteiger partial charge in [-0.15, -0.1) is 0 Å². The number of amides is 3. The Morgan fingerprint density at radius 1 is 1.11 bits per heavy atom. The number of piperidine rings is 1. The number of urea groups is 1. The average Bonchev–Trinajstić information content (AvgIpc) is 3.36. The van der Waals surface area contributed by atoms with E-state index in [1.54, 1.807) is 16.8 Å². The molecule has 3 aliphatic rings. The smallest absolute Gasteiger partial charge is 0.324 e. The van der Waals surface area contributed by atoms with Gasteiger partial charge in [0.2, 0.25) is 0 Å². The van der Waals surface area contributed by atoms with Gasteiger partial charge in [-0.25, -0.2) is 9.78 Å². The lowest BCUT2D eigenvalue weighted by Gasteiger charge is -2.43. The fraction of sp³-hybridized carbons (Fsp3) is 0.393. The van der Waals surface area contributed by atoms with E-state index in [0.717, 1.165) is 33.6 Å². The first kappa shape index (κ1) is 23.5. The van der Waals surface area contributed by atoms with Gasteiger partial charge in [-0.1, -0.05) is 12.1 Å². The number of aliphatic hydroxyl groups is 1. The number of pyridine rings is 2. The molecular formula is C28H30N6O3. The molecule has 0 aliphatic carbocycles. The molecule has 1 fully saturated rings. The first-order valence-corrected chi connectivity index (χ1v) is 12.7. The monoisotopic (exact) mass is 498 g/mol. The Bertz CT molecular complexity index is 1450. The average molecular weight is 499 g/mol. The van der Waals surface area contributed by atoms with E-state index in [1.165, 1.54) is 19.4 Å². The van der Waals surface area contributed by atoms with Crippen LogP contribution in [-0.2, 0) is 17.9 Å². The molecule has 0 spiro atoms. The lowest BCUT2D eigenvalue weighted by atomic mass is 9.97. The Morgan fingerprint density at radius 3 is 2.65 bits per heavy atom. The number of carbonyl (C=O) groups is 2. The Labute approximate surface area is 215 Å². The lowest BCUT2D eigenvalue weighted by Crippen LogP contribution is -2.56. The van der Waals surface area contributed by atoms with Crippen LogP contribution in [-0.4, -0.2) is 74.8 Å². The maximum Gasteiger partial charge on any atom is 0.324 e. The van der Waals surface area contributed by atoms with Crippen molar-refractivity contribution in [2.45, 2.75) is 51.4 Å². The van der Waals surface area contributed by atoms with Crippen molar-refractivity contribution in [3.63, 3.8) is 0 Å². The highest BCUT2D eigenvalue weighted by atomic mass is 16.3. The van der Waals surface area contributed by atoms with Gasteiger partial charge in [0, 0.05) is 49.7 Å². The van der Waals surface area contributed by atoms with Crippen molar-refractivity contribution in [2.24, 2.45) is 4.99 Å². The van der Waals surface area contributed by atoms with E-state index < -0.39 is 5.60 Å². The molecule has 1 saturated heterocycles. The predicted molar refractivity (Wildman–Crippen MR) is 142 cm³/mol. The molecule has 6 rings (SSSR count). The van der Waals surface area contributed by atoms with E-state index in [-0.39, 0.29) is 18.0 Å². The number of likely N-dealkylation sites (tertiary alicyclic amines) is 1. The van der Waals surface area contributed by atoms with Gasteiger partial charge < -0.3 is 14.9 Å². The van der Waals surface area contributed by atoms with Gasteiger partial charge >= 0.3 is 6.03 Å². The molecule has 2 aromatic heterocycles. The molecule has 0 atom stereocenters. The van der Waals surface area contributed by atoms with Gasteiger partial charge in [0.1, 0.15) is 11.1 Å². The fourth-order valence-electron chi connectivity index (χ4n) is 5.55. The Kier molecular flexibility index (Phi) is 5.49. The van der Waals surface area contributed by atoms with Crippen molar-refractivity contribution < 1.29 is 14.7 Å². The third kappa shape index (κ3) is 4.03. The van der Waals surface area contributed by atoms with Gasteiger partial charge in [0.05, 0.1) is 30.0 Å². The summed E-state index contributed by atoms with van der Waals surface area (Å²) in [5.41, 5.74) is 5.93. The maximum absolute atomic E-state index is 13.6. The molecule has 0 saturated carbocycles. The van der Waals surface area contributed by atoms with Crippen LogP contribution in [0.2, 0.25) is 0 Å². The third-order valence-electron chi connectivity index (χ3n) is 7.52. The summed E-state index contributed by atoms with van der Waals surface area (Å²) in [5.74, 6) is -0.284. The number of carbonyl (C=O) groups excluding carboxylic acids is 2. The molecule has 0 bridgehead atoms. The van der Waals surface area contributed by atoms with Crippen molar-refractivity contribution in [3.05, 3.63) is 53.2 Å². The van der Waals surface area contributed by atoms with Gasteiger partial charge in [-0.2, -0.15) is 0 Å². The number of hydrogen-bond donors (Lipinski definition) is 1. The second-order valence-corrected chi connectivity index (χ2v) is 10.7. The van der Waals surface area contributed by atoms with E-state index in [1.807, 2.05) is 29.4 Å². The highest BCUT2D eigenvalue weighted by Crippen LogP contribution is 2.38. The third-order valence-corrected chi connectivity index (χ3v) is 7.52. The summed E-state index contributed by atoms with van der Waals surface area (Å²) in [6, 6.07) is 10.0. The number of rotatable bonds is 3. The second kappa shape index (κ2) is 8.62. The minimum absolute atomic E-state index is 0.0757. The summed E-state index contributed by atoms with van der Waals surface area (Å²) in [6.07, 6.45) is 4.98. The summed E-state index contributed by atoms with van der Waals surface area (Å²) in [7, 11) is 1.80. The minimum atomic E-state index is -1.41. The first-order chi connectivity index (χ1) is 17.7. The van der Waals surface area contributed by atoms with Crippen LogP contribution in [0.15, 0.2) is 41.5 Å². The molecule has 9 heteroatoms. The van der Waals surface area contributed by atoms with Gasteiger partial charge in [0.15, 0.2) is 0 Å². The molecule has 5 heterocycles. The number of hydrogen-bond acceptors (Lipinski definition) is 6. The SMILES string of the molecule is CN1Cc2cnc3ccc(-c4ccc5c(c4)C=NC5)nc3c2N(C2CCN(C(=O)C(C)(C)O)CC2)C1=O. The van der Waals surface area contributed by atoms with Crippen LogP contribution < -0.4 is 4.90 Å². The second-order valence-electron chi connectivity index (χ2n) is 10.7. The van der Waals surface area contributed by atoms with Crippen LogP contribution in [0.4, 0.5) is 10.5 Å². The zero-order chi connectivity index (χ0) is 25.9. The van der Waals surface area contributed by atoms with E-state index in [0.29, 0.717) is 44.5 Å². The summed E-state index contributed by atoms with van der Waals surface area (Å²) >= 11 is 0. The van der Waals surface area contributed by atoms with Crippen molar-refractivity contribution >= 4 is 34.9 Å². The van der Waals surface area contributed by atoms with Crippen molar-refractivity contribution in [1.82, 2.24) is 19.8 Å². The maximum atomic E-state index is 13.6. The molecule has 3 amide bonds. The normalized spacial score (nSPS) is 17.9. The number of nitrogens with zero attached hydrogens (tertiary/aromatic N) is 6. The molecular weight excluding hydrogens is 468 g/mol. The highest BCUT2D eigenvalue weighted by molar-refractivity contribution is 6.04.